The third-order valence-electron chi connectivity index (χ3n) is 3.54. The molecule has 1 aromatic rings. The van der Waals surface area contributed by atoms with Crippen molar-refractivity contribution in [2.75, 3.05) is 19.6 Å². The van der Waals surface area contributed by atoms with Gasteiger partial charge in [-0.05, 0) is 43.5 Å². The molecule has 0 bridgehead atoms. The zero-order valence-corrected chi connectivity index (χ0v) is 12.7. The van der Waals surface area contributed by atoms with Crippen LogP contribution in [0.4, 0.5) is 0 Å². The van der Waals surface area contributed by atoms with E-state index in [1.807, 2.05) is 12.1 Å². The fourth-order valence-corrected chi connectivity index (χ4v) is 3.26. The van der Waals surface area contributed by atoms with Crippen LogP contribution in [0.25, 0.3) is 0 Å². The molecule has 1 aromatic carbocycles. The average molecular weight is 294 g/mol. The van der Waals surface area contributed by atoms with Crippen molar-refractivity contribution >= 4 is 10.0 Å². The van der Waals surface area contributed by atoms with Gasteiger partial charge in [-0.15, -0.1) is 0 Å². The van der Waals surface area contributed by atoms with Crippen molar-refractivity contribution in [3.63, 3.8) is 0 Å². The molecule has 0 aromatic heterocycles. The Balaban J connectivity index is 1.91. The molecule has 0 atom stereocenters. The molecule has 1 heterocycles. The lowest BCUT2D eigenvalue weighted by Gasteiger charge is -2.14. The summed E-state index contributed by atoms with van der Waals surface area (Å²) in [5.74, 6) is 0. The molecule has 1 aliphatic heterocycles. The molecule has 0 spiro atoms. The normalized spacial score (nSPS) is 15.9. The molecule has 0 fully saturated rings. The van der Waals surface area contributed by atoms with Crippen molar-refractivity contribution in [1.82, 2.24) is 10.0 Å². The highest BCUT2D eigenvalue weighted by molar-refractivity contribution is 7.89. The van der Waals surface area contributed by atoms with Crippen molar-refractivity contribution < 1.29 is 8.42 Å². The molecule has 0 saturated heterocycles. The van der Waals surface area contributed by atoms with E-state index in [1.165, 1.54) is 5.57 Å². The van der Waals surface area contributed by atoms with Gasteiger partial charge >= 0.3 is 0 Å². The van der Waals surface area contributed by atoms with E-state index < -0.39 is 10.0 Å². The maximum absolute atomic E-state index is 12.1. The lowest BCUT2D eigenvalue weighted by molar-refractivity contribution is 0.579. The molecular formula is C15H22N2O2S. The highest BCUT2D eigenvalue weighted by Gasteiger charge is 2.13. The molecule has 4 nitrogen and oxygen atoms in total. The number of hydrogen-bond donors (Lipinski definition) is 2. The summed E-state index contributed by atoms with van der Waals surface area (Å²) in [6.07, 6.45) is 4.85. The SMILES string of the molecule is CCc1ccc(S(=O)(=O)NCCC2=CCNCC2)cc1. The summed E-state index contributed by atoms with van der Waals surface area (Å²) < 4.78 is 26.9. The van der Waals surface area contributed by atoms with Crippen LogP contribution in [0, 0.1) is 0 Å². The molecule has 0 saturated carbocycles. The van der Waals surface area contributed by atoms with E-state index in [2.05, 4.69) is 23.0 Å². The van der Waals surface area contributed by atoms with Gasteiger partial charge in [-0.3, -0.25) is 0 Å². The molecule has 0 aliphatic carbocycles. The molecule has 5 heteroatoms. The number of aryl methyl sites for hydroxylation is 1. The van der Waals surface area contributed by atoms with E-state index >= 15 is 0 Å². The fourth-order valence-electron chi connectivity index (χ4n) is 2.23. The largest absolute Gasteiger partial charge is 0.313 e. The Bertz CT molecular complexity index is 562. The quantitative estimate of drug-likeness (QED) is 0.787. The molecule has 0 radical (unpaired) electrons. The van der Waals surface area contributed by atoms with Gasteiger partial charge in [0.2, 0.25) is 10.0 Å². The van der Waals surface area contributed by atoms with Gasteiger partial charge in [0, 0.05) is 13.1 Å². The van der Waals surface area contributed by atoms with Crippen LogP contribution in [-0.4, -0.2) is 28.1 Å². The van der Waals surface area contributed by atoms with Gasteiger partial charge in [-0.1, -0.05) is 30.7 Å². The van der Waals surface area contributed by atoms with Crippen LogP contribution in [0.15, 0.2) is 40.8 Å². The maximum Gasteiger partial charge on any atom is 0.240 e. The summed E-state index contributed by atoms with van der Waals surface area (Å²) in [5.41, 5.74) is 2.47. The summed E-state index contributed by atoms with van der Waals surface area (Å²) in [6, 6.07) is 7.07. The predicted molar refractivity (Wildman–Crippen MR) is 81.2 cm³/mol. The molecule has 110 valence electrons. The van der Waals surface area contributed by atoms with Gasteiger partial charge in [-0.2, -0.15) is 0 Å². The van der Waals surface area contributed by atoms with Crippen molar-refractivity contribution in [1.29, 1.82) is 0 Å². The topological polar surface area (TPSA) is 58.2 Å². The predicted octanol–water partition coefficient (Wildman–Crippen LogP) is 1.84. The third-order valence-corrected chi connectivity index (χ3v) is 5.01. The van der Waals surface area contributed by atoms with Gasteiger partial charge in [0.1, 0.15) is 0 Å². The minimum Gasteiger partial charge on any atom is -0.313 e. The second-order valence-electron chi connectivity index (χ2n) is 4.96. The Hall–Kier alpha value is -1.17. The highest BCUT2D eigenvalue weighted by Crippen LogP contribution is 2.12. The summed E-state index contributed by atoms with van der Waals surface area (Å²) in [6.45, 7) is 4.38. The van der Waals surface area contributed by atoms with Gasteiger partial charge in [-0.25, -0.2) is 13.1 Å². The van der Waals surface area contributed by atoms with Crippen LogP contribution in [-0.2, 0) is 16.4 Å². The maximum atomic E-state index is 12.1. The first-order valence-electron chi connectivity index (χ1n) is 7.09. The first-order valence-corrected chi connectivity index (χ1v) is 8.57. The molecule has 2 N–H and O–H groups in total. The van der Waals surface area contributed by atoms with E-state index in [1.54, 1.807) is 12.1 Å². The van der Waals surface area contributed by atoms with Crippen LogP contribution in [0.5, 0.6) is 0 Å². The standard InChI is InChI=1S/C15H22N2O2S/c1-2-13-3-5-15(6-4-13)20(18,19)17-12-9-14-7-10-16-11-8-14/h3-7,16-17H,2,8-12H2,1H3. The van der Waals surface area contributed by atoms with Crippen molar-refractivity contribution in [3.05, 3.63) is 41.5 Å². The van der Waals surface area contributed by atoms with Gasteiger partial charge in [0.15, 0.2) is 0 Å². The van der Waals surface area contributed by atoms with Crippen LogP contribution < -0.4 is 10.0 Å². The summed E-state index contributed by atoms with van der Waals surface area (Å²) in [7, 11) is -3.38. The zero-order valence-electron chi connectivity index (χ0n) is 11.9. The van der Waals surface area contributed by atoms with Crippen LogP contribution >= 0.6 is 0 Å². The molecule has 0 unspecified atom stereocenters. The Labute approximate surface area is 121 Å². The Morgan fingerprint density at radius 2 is 2.00 bits per heavy atom. The van der Waals surface area contributed by atoms with Crippen molar-refractivity contribution in [2.24, 2.45) is 0 Å². The monoisotopic (exact) mass is 294 g/mol. The molecular weight excluding hydrogens is 272 g/mol. The van der Waals surface area contributed by atoms with E-state index in [9.17, 15) is 8.42 Å². The molecule has 20 heavy (non-hydrogen) atoms. The Morgan fingerprint density at radius 1 is 1.25 bits per heavy atom. The number of benzene rings is 1. The minimum absolute atomic E-state index is 0.342. The number of hydrogen-bond acceptors (Lipinski definition) is 3. The zero-order chi connectivity index (χ0) is 14.4. The van der Waals surface area contributed by atoms with Crippen LogP contribution in [0.2, 0.25) is 0 Å². The Morgan fingerprint density at radius 3 is 2.60 bits per heavy atom. The number of rotatable bonds is 6. The second-order valence-corrected chi connectivity index (χ2v) is 6.73. The summed E-state index contributed by atoms with van der Waals surface area (Å²) in [5, 5.41) is 3.24. The fraction of sp³-hybridized carbons (Fsp3) is 0.467. The first-order chi connectivity index (χ1) is 9.62. The van der Waals surface area contributed by atoms with E-state index in [-0.39, 0.29) is 0 Å². The average Bonchev–Trinajstić information content (AvgIpc) is 2.48. The van der Waals surface area contributed by atoms with Crippen molar-refractivity contribution in [2.45, 2.75) is 31.1 Å². The van der Waals surface area contributed by atoms with Crippen LogP contribution in [0.3, 0.4) is 0 Å². The lowest BCUT2D eigenvalue weighted by atomic mass is 10.1. The highest BCUT2D eigenvalue weighted by atomic mass is 32.2. The van der Waals surface area contributed by atoms with Gasteiger partial charge < -0.3 is 5.32 Å². The third kappa shape index (κ3) is 4.16. The lowest BCUT2D eigenvalue weighted by Crippen LogP contribution is -2.26. The number of nitrogens with one attached hydrogen (secondary N) is 2. The molecule has 1 aliphatic rings. The van der Waals surface area contributed by atoms with E-state index in [4.69, 9.17) is 0 Å². The number of sulfonamides is 1. The van der Waals surface area contributed by atoms with Crippen molar-refractivity contribution in [3.8, 4) is 0 Å². The minimum atomic E-state index is -3.38. The second kappa shape index (κ2) is 7.02. The Kier molecular flexibility index (Phi) is 5.34. The summed E-state index contributed by atoms with van der Waals surface area (Å²) in [4.78, 5) is 0.342. The molecule has 0 amide bonds. The smallest absolute Gasteiger partial charge is 0.240 e. The van der Waals surface area contributed by atoms with Gasteiger partial charge in [0.25, 0.3) is 0 Å². The first kappa shape index (κ1) is 15.2. The van der Waals surface area contributed by atoms with Crippen LogP contribution in [0.1, 0.15) is 25.3 Å². The van der Waals surface area contributed by atoms with Gasteiger partial charge in [0.05, 0.1) is 4.90 Å². The summed E-state index contributed by atoms with van der Waals surface area (Å²) >= 11 is 0. The molecule has 2 rings (SSSR count). The van der Waals surface area contributed by atoms with E-state index in [0.29, 0.717) is 11.4 Å². The van der Waals surface area contributed by atoms with E-state index in [0.717, 1.165) is 37.9 Å².